The fraction of sp³-hybridized carbons (Fsp3) is 0.600. The largest absolute Gasteiger partial charge is 0.493 e. The quantitative estimate of drug-likeness (QED) is 0.258. The molecule has 3 atom stereocenters. The second-order valence-electron chi connectivity index (χ2n) is 12.9. The molecule has 236 valence electrons. The fourth-order valence-electron chi connectivity index (χ4n) is 6.56. The lowest BCUT2D eigenvalue weighted by Crippen LogP contribution is -2.66. The number of piperazine rings is 1. The Kier molecular flexibility index (Phi) is 11.2. The summed E-state index contributed by atoms with van der Waals surface area (Å²) in [6.07, 6.45) is 8.19. The first-order valence-corrected chi connectivity index (χ1v) is 15.8. The van der Waals surface area contributed by atoms with Crippen LogP contribution in [-0.4, -0.2) is 73.9 Å². The molecular weight excluding hydrogens is 544 g/mol. The van der Waals surface area contributed by atoms with Crippen LogP contribution >= 0.6 is 0 Å². The lowest BCUT2D eigenvalue weighted by atomic mass is 9.88. The Hall–Kier alpha value is -3.42. The molecule has 8 heteroatoms. The van der Waals surface area contributed by atoms with Crippen molar-refractivity contribution in [3.63, 3.8) is 0 Å². The van der Waals surface area contributed by atoms with E-state index >= 15 is 0 Å². The van der Waals surface area contributed by atoms with Crippen LogP contribution in [0.5, 0.6) is 17.2 Å². The maximum absolute atomic E-state index is 13.8. The first kappa shape index (κ1) is 32.5. The summed E-state index contributed by atoms with van der Waals surface area (Å²) in [6.45, 7) is 6.92. The molecule has 3 unspecified atom stereocenters. The van der Waals surface area contributed by atoms with Gasteiger partial charge in [0.1, 0.15) is 11.6 Å². The van der Waals surface area contributed by atoms with Gasteiger partial charge in [-0.3, -0.25) is 9.69 Å². The fourth-order valence-corrected chi connectivity index (χ4v) is 6.56. The molecule has 0 N–H and O–H groups in total. The van der Waals surface area contributed by atoms with Gasteiger partial charge >= 0.3 is 6.09 Å². The number of rotatable bonds is 13. The maximum Gasteiger partial charge on any atom is 0.411 e. The molecule has 4 rings (SSSR count). The van der Waals surface area contributed by atoms with Gasteiger partial charge in [0, 0.05) is 13.1 Å². The summed E-state index contributed by atoms with van der Waals surface area (Å²) < 4.78 is 22.3. The zero-order chi connectivity index (χ0) is 31.0. The van der Waals surface area contributed by atoms with E-state index in [1.54, 1.807) is 26.2 Å². The van der Waals surface area contributed by atoms with Gasteiger partial charge < -0.3 is 23.8 Å². The number of hydrogen-bond acceptors (Lipinski definition) is 6. The summed E-state index contributed by atoms with van der Waals surface area (Å²) in [5.41, 5.74) is 1.89. The van der Waals surface area contributed by atoms with E-state index in [4.69, 9.17) is 18.9 Å². The summed E-state index contributed by atoms with van der Waals surface area (Å²) in [4.78, 5) is 30.7. The number of likely N-dealkylation sites (tertiary alicyclic amines) is 1. The van der Waals surface area contributed by atoms with E-state index in [0.29, 0.717) is 36.1 Å². The Morgan fingerprint density at radius 2 is 1.53 bits per heavy atom. The lowest BCUT2D eigenvalue weighted by molar-refractivity contribution is -0.148. The molecule has 2 aliphatic heterocycles. The van der Waals surface area contributed by atoms with Crippen molar-refractivity contribution in [3.8, 4) is 17.2 Å². The van der Waals surface area contributed by atoms with Gasteiger partial charge in [-0.05, 0) is 108 Å². The van der Waals surface area contributed by atoms with E-state index in [1.807, 2.05) is 37.8 Å². The molecule has 0 aromatic heterocycles. The third-order valence-corrected chi connectivity index (χ3v) is 8.58. The SMILES string of the molecule is COc1cc(CCCC(CCCc2ccccc2)CN2CC3CCCC(C2=O)N3C(=O)OC(C)(C)C)cc(OC)c1OC. The summed E-state index contributed by atoms with van der Waals surface area (Å²) in [7, 11) is 4.89. The number of carbonyl (C=O) groups excluding carboxylic acids is 2. The Bertz CT molecular complexity index is 1190. The smallest absolute Gasteiger partial charge is 0.411 e. The topological polar surface area (TPSA) is 77.5 Å². The molecule has 2 heterocycles. The highest BCUT2D eigenvalue weighted by Crippen LogP contribution is 2.39. The van der Waals surface area contributed by atoms with Gasteiger partial charge in [-0.15, -0.1) is 0 Å². The van der Waals surface area contributed by atoms with Crippen molar-refractivity contribution in [2.75, 3.05) is 34.4 Å². The van der Waals surface area contributed by atoms with E-state index in [1.165, 1.54) is 5.56 Å². The molecule has 2 aliphatic rings. The number of benzene rings is 2. The summed E-state index contributed by atoms with van der Waals surface area (Å²) in [5, 5.41) is 0. The standard InChI is InChI=1S/C35H50N2O6/c1-35(2,3)43-34(39)37-28-19-12-20-29(37)33(38)36(24-28)23-26(16-10-15-25-13-8-7-9-14-25)17-11-18-27-21-30(40-4)32(42-6)31(22-27)41-5/h7-9,13-14,21-22,26,28-29H,10-12,15-20,23-24H2,1-6H3. The highest BCUT2D eigenvalue weighted by molar-refractivity contribution is 5.87. The number of fused-ring (bicyclic) bond motifs is 2. The van der Waals surface area contributed by atoms with Gasteiger partial charge in [0.05, 0.1) is 27.4 Å². The molecule has 0 radical (unpaired) electrons. The second-order valence-corrected chi connectivity index (χ2v) is 12.9. The van der Waals surface area contributed by atoms with Crippen LogP contribution in [0.3, 0.4) is 0 Å². The Morgan fingerprint density at radius 1 is 0.907 bits per heavy atom. The monoisotopic (exact) mass is 594 g/mol. The predicted octanol–water partition coefficient (Wildman–Crippen LogP) is 6.67. The van der Waals surface area contributed by atoms with Gasteiger partial charge in [-0.1, -0.05) is 30.3 Å². The van der Waals surface area contributed by atoms with E-state index in [-0.39, 0.29) is 18.0 Å². The Balaban J connectivity index is 1.44. The predicted molar refractivity (Wildman–Crippen MR) is 168 cm³/mol. The summed E-state index contributed by atoms with van der Waals surface area (Å²) in [5.74, 6) is 2.36. The molecule has 2 aromatic carbocycles. The average molecular weight is 595 g/mol. The van der Waals surface area contributed by atoms with Gasteiger partial charge in [-0.2, -0.15) is 0 Å². The molecule has 2 fully saturated rings. The molecule has 0 saturated carbocycles. The third kappa shape index (κ3) is 8.58. The van der Waals surface area contributed by atoms with Crippen LogP contribution in [0.4, 0.5) is 4.79 Å². The molecule has 0 spiro atoms. The van der Waals surface area contributed by atoms with E-state index < -0.39 is 11.6 Å². The van der Waals surface area contributed by atoms with Gasteiger partial charge in [0.2, 0.25) is 11.7 Å². The van der Waals surface area contributed by atoms with Gasteiger partial charge in [0.15, 0.2) is 11.5 Å². The van der Waals surface area contributed by atoms with Gasteiger partial charge in [0.25, 0.3) is 0 Å². The van der Waals surface area contributed by atoms with Crippen molar-refractivity contribution < 1.29 is 28.5 Å². The third-order valence-electron chi connectivity index (χ3n) is 8.58. The highest BCUT2D eigenvalue weighted by Gasteiger charge is 2.47. The minimum absolute atomic E-state index is 0.00972. The van der Waals surface area contributed by atoms with Crippen molar-refractivity contribution in [2.45, 2.75) is 96.2 Å². The van der Waals surface area contributed by atoms with Crippen LogP contribution in [0.25, 0.3) is 0 Å². The number of hydrogen-bond donors (Lipinski definition) is 0. The van der Waals surface area contributed by atoms with Crippen molar-refractivity contribution in [3.05, 3.63) is 53.6 Å². The minimum Gasteiger partial charge on any atom is -0.493 e. The Morgan fingerprint density at radius 3 is 2.12 bits per heavy atom. The zero-order valence-corrected chi connectivity index (χ0v) is 26.9. The number of carbonyl (C=O) groups is 2. The van der Waals surface area contributed by atoms with Crippen LogP contribution < -0.4 is 14.2 Å². The van der Waals surface area contributed by atoms with Crippen molar-refractivity contribution in [2.24, 2.45) is 5.92 Å². The highest BCUT2D eigenvalue weighted by atomic mass is 16.6. The molecule has 2 saturated heterocycles. The summed E-state index contributed by atoms with van der Waals surface area (Å²) >= 11 is 0. The number of aryl methyl sites for hydroxylation is 2. The van der Waals surface area contributed by atoms with Crippen LogP contribution in [0, 0.1) is 5.92 Å². The molecule has 0 aliphatic carbocycles. The second kappa shape index (κ2) is 14.8. The van der Waals surface area contributed by atoms with E-state index in [2.05, 4.69) is 30.3 Å². The lowest BCUT2D eigenvalue weighted by Gasteiger charge is -2.49. The normalized spacial score (nSPS) is 19.2. The zero-order valence-electron chi connectivity index (χ0n) is 26.9. The molecule has 2 amide bonds. The minimum atomic E-state index is -0.590. The van der Waals surface area contributed by atoms with Crippen LogP contribution in [-0.2, 0) is 22.4 Å². The number of ether oxygens (including phenoxy) is 4. The van der Waals surface area contributed by atoms with Crippen LogP contribution in [0.2, 0.25) is 0 Å². The number of piperidine rings is 1. The molecule has 43 heavy (non-hydrogen) atoms. The van der Waals surface area contributed by atoms with Crippen molar-refractivity contribution >= 4 is 12.0 Å². The van der Waals surface area contributed by atoms with E-state index in [9.17, 15) is 9.59 Å². The molecular formula is C35H50N2O6. The maximum atomic E-state index is 13.8. The number of amides is 2. The van der Waals surface area contributed by atoms with Crippen molar-refractivity contribution in [1.82, 2.24) is 9.80 Å². The van der Waals surface area contributed by atoms with Crippen molar-refractivity contribution in [1.29, 1.82) is 0 Å². The summed E-state index contributed by atoms with van der Waals surface area (Å²) in [6, 6.07) is 14.2. The number of nitrogens with zero attached hydrogens (tertiary/aromatic N) is 2. The molecule has 2 bridgehead atoms. The van der Waals surface area contributed by atoms with Crippen LogP contribution in [0.15, 0.2) is 42.5 Å². The van der Waals surface area contributed by atoms with E-state index in [0.717, 1.165) is 63.5 Å². The Labute approximate surface area is 257 Å². The molecule has 2 aromatic rings. The first-order valence-electron chi connectivity index (χ1n) is 15.8. The average Bonchev–Trinajstić information content (AvgIpc) is 2.98. The van der Waals surface area contributed by atoms with Gasteiger partial charge in [-0.25, -0.2) is 4.79 Å². The number of methoxy groups -OCH3 is 3. The molecule has 8 nitrogen and oxygen atoms in total. The van der Waals surface area contributed by atoms with Crippen LogP contribution in [0.1, 0.15) is 76.8 Å². The first-order chi connectivity index (χ1) is 20.6.